The van der Waals surface area contributed by atoms with Crippen LogP contribution in [0.15, 0.2) is 195 Å². The van der Waals surface area contributed by atoms with Gasteiger partial charge >= 0.3 is 0 Å². The summed E-state index contributed by atoms with van der Waals surface area (Å²) in [5.74, 6) is -0.780. The maximum Gasteiger partial charge on any atom is 0.272 e. The molecule has 0 saturated heterocycles. The van der Waals surface area contributed by atoms with Crippen molar-refractivity contribution in [2.24, 2.45) is 0 Å². The van der Waals surface area contributed by atoms with Crippen molar-refractivity contribution in [1.82, 2.24) is 44.0 Å². The van der Waals surface area contributed by atoms with Crippen LogP contribution in [-0.2, 0) is 34.0 Å². The molecular formula is C80H70Cl3N15O6. The van der Waals surface area contributed by atoms with Gasteiger partial charge in [0.15, 0.2) is 17.1 Å². The molecule has 3 aromatic heterocycles. The van der Waals surface area contributed by atoms with Gasteiger partial charge in [-0.3, -0.25) is 42.8 Å². The number of rotatable bonds is 13. The van der Waals surface area contributed by atoms with E-state index in [9.17, 15) is 28.8 Å². The molecule has 0 fully saturated rings. The third-order valence-corrected chi connectivity index (χ3v) is 19.0. The quantitative estimate of drug-likeness (QED) is 0.0738. The van der Waals surface area contributed by atoms with Crippen molar-refractivity contribution in [2.75, 3.05) is 35.6 Å². The molecule has 21 nitrogen and oxygen atoms in total. The van der Waals surface area contributed by atoms with E-state index in [1.54, 1.807) is 102 Å². The first-order valence-corrected chi connectivity index (χ1v) is 35.0. The fourth-order valence-corrected chi connectivity index (χ4v) is 13.6. The third kappa shape index (κ3) is 16.8. The topological polar surface area (TPSA) is 215 Å². The largest absolute Gasteiger partial charge is 0.331 e. The van der Waals surface area contributed by atoms with Crippen LogP contribution in [0.1, 0.15) is 124 Å². The molecule has 6 amide bonds. The Labute approximate surface area is 616 Å². The second kappa shape index (κ2) is 32.8. The van der Waals surface area contributed by atoms with E-state index >= 15 is 0 Å². The molecule has 104 heavy (non-hydrogen) atoms. The van der Waals surface area contributed by atoms with Gasteiger partial charge < -0.3 is 30.7 Å². The van der Waals surface area contributed by atoms with Crippen LogP contribution in [0.25, 0.3) is 48.3 Å². The van der Waals surface area contributed by atoms with Gasteiger partial charge in [0.25, 0.3) is 17.7 Å². The lowest BCUT2D eigenvalue weighted by atomic mass is 10.0. The number of nitrogens with zero attached hydrogens (tertiary/aromatic N) is 12. The van der Waals surface area contributed by atoms with Crippen molar-refractivity contribution in [1.29, 1.82) is 0 Å². The lowest BCUT2D eigenvalue weighted by molar-refractivity contribution is -0.116. The molecule has 3 atom stereocenters. The standard InChI is InChI=1S/C28H26ClN5O2.2C26H22ClN5O2/c1-4-6-8-22-18-33(17-19-9-12-21(30-3)13-10-19)28(36)26-16-25(32-34(22)26)23-14-11-20(29)15-24(23)31-27(35)7-5-2;2*1-28-19-10-7-17(8-11-19)15-31-16-20-5-3-2-4-6-25(33)29-22-13-18(27)9-12-21(22)23-14-24(26(31)34)32(20)30-23/h4-5,9-16,22H,1-2,6-8,17-18H2,(H,31,35);2*2,4,7-14,20H,3,5-6,15-16H2,(H,29,33)/b;4-2+;4-2-/t22-;;/m0../s1. The number of fused-ring (bicyclic) bond motifs is 7. The van der Waals surface area contributed by atoms with E-state index in [2.05, 4.69) is 43.6 Å². The highest BCUT2D eigenvalue weighted by Gasteiger charge is 2.37. The van der Waals surface area contributed by atoms with Gasteiger partial charge in [-0.1, -0.05) is 144 Å². The Balaban J connectivity index is 0.000000147. The van der Waals surface area contributed by atoms with E-state index in [4.69, 9.17) is 69.8 Å². The molecule has 5 aliphatic rings. The SMILES string of the molecule is [C-]#[N+]c1ccc(CN2CC3CC/C=C/CC(=O)Nc4cc(Cl)ccc4-c4cc(n3n4)C2=O)cc1.[C-]#[N+]c1ccc(CN2CC3CC/C=C\CC(=O)Nc4cc(Cl)ccc4-c4cc(n3n4)C2=O)cc1.[C-]#[N+]c1ccc(CN2C[C@H](CCC=C)n3nc(-c4ccc(Cl)cc4NC(=O)CC=C)cc3C2=O)cc1. The smallest absolute Gasteiger partial charge is 0.272 e. The van der Waals surface area contributed by atoms with Crippen LogP contribution in [0.2, 0.25) is 15.1 Å². The van der Waals surface area contributed by atoms with Crippen LogP contribution >= 0.6 is 34.8 Å². The summed E-state index contributed by atoms with van der Waals surface area (Å²) in [6, 6.07) is 43.0. The molecule has 5 aliphatic heterocycles. The Bertz CT molecular complexity index is 4810. The number of amides is 6. The van der Waals surface area contributed by atoms with Gasteiger partial charge in [0.05, 0.1) is 72.0 Å². The van der Waals surface area contributed by atoms with Crippen LogP contribution < -0.4 is 16.0 Å². The van der Waals surface area contributed by atoms with Crippen molar-refractivity contribution < 1.29 is 28.8 Å². The second-order valence-electron chi connectivity index (χ2n) is 25.5. The minimum Gasteiger partial charge on any atom is -0.331 e. The monoisotopic (exact) mass is 1440 g/mol. The zero-order chi connectivity index (χ0) is 73.0. The normalized spacial score (nSPS) is 17.2. The number of nitrogens with one attached hydrogen (secondary N) is 3. The molecule has 2 unspecified atom stereocenters. The minimum absolute atomic E-state index is 0.00813. The van der Waals surface area contributed by atoms with Gasteiger partial charge in [-0.2, -0.15) is 15.3 Å². The molecule has 4 bridgehead atoms. The number of benzene rings is 6. The zero-order valence-corrected chi connectivity index (χ0v) is 58.8. The summed E-state index contributed by atoms with van der Waals surface area (Å²) in [6.07, 6.45) is 16.6. The lowest BCUT2D eigenvalue weighted by Crippen LogP contribution is -2.42. The van der Waals surface area contributed by atoms with Crippen molar-refractivity contribution in [3.05, 3.63) is 278 Å². The number of allylic oxidation sites excluding steroid dienone is 3. The van der Waals surface area contributed by atoms with E-state index in [-0.39, 0.29) is 72.8 Å². The Morgan fingerprint density at radius 1 is 0.500 bits per heavy atom. The molecular weight excluding hydrogens is 1370 g/mol. The van der Waals surface area contributed by atoms with E-state index in [1.807, 2.05) is 103 Å². The van der Waals surface area contributed by atoms with Crippen LogP contribution in [0.5, 0.6) is 0 Å². The maximum atomic E-state index is 13.5. The van der Waals surface area contributed by atoms with Crippen molar-refractivity contribution in [3.63, 3.8) is 0 Å². The van der Waals surface area contributed by atoms with Crippen LogP contribution in [0.4, 0.5) is 34.1 Å². The number of hydrogen-bond acceptors (Lipinski definition) is 9. The van der Waals surface area contributed by atoms with Crippen molar-refractivity contribution in [3.8, 4) is 33.8 Å². The lowest BCUT2D eigenvalue weighted by Gasteiger charge is -2.33. The van der Waals surface area contributed by atoms with Crippen LogP contribution in [0.3, 0.4) is 0 Å². The molecule has 6 aromatic carbocycles. The summed E-state index contributed by atoms with van der Waals surface area (Å²) in [6.45, 7) is 31.8. The maximum absolute atomic E-state index is 13.5. The van der Waals surface area contributed by atoms with Gasteiger partial charge in [-0.25, -0.2) is 14.5 Å². The Hall–Kier alpha value is -11.9. The van der Waals surface area contributed by atoms with Crippen molar-refractivity contribution >= 4 is 104 Å². The molecule has 0 aliphatic carbocycles. The first-order valence-electron chi connectivity index (χ1n) is 33.8. The van der Waals surface area contributed by atoms with Gasteiger partial charge in [0.1, 0.15) is 17.1 Å². The zero-order valence-electron chi connectivity index (χ0n) is 56.5. The number of aromatic nitrogens is 6. The fourth-order valence-electron chi connectivity index (χ4n) is 13.1. The number of hydrogen-bond donors (Lipinski definition) is 3. The van der Waals surface area contributed by atoms with Crippen LogP contribution in [0, 0.1) is 19.7 Å². The summed E-state index contributed by atoms with van der Waals surface area (Å²) in [5, 5.41) is 24.6. The number of halogens is 3. The van der Waals surface area contributed by atoms with E-state index in [0.717, 1.165) is 66.3 Å². The molecule has 3 N–H and O–H groups in total. The first-order chi connectivity index (χ1) is 50.5. The molecule has 8 heterocycles. The third-order valence-electron chi connectivity index (χ3n) is 18.3. The number of carbonyl (C=O) groups is 6. The predicted octanol–water partition coefficient (Wildman–Crippen LogP) is 17.7. The summed E-state index contributed by atoms with van der Waals surface area (Å²) in [7, 11) is 0. The summed E-state index contributed by atoms with van der Waals surface area (Å²) >= 11 is 18.6. The highest BCUT2D eigenvalue weighted by Crippen LogP contribution is 2.39. The highest BCUT2D eigenvalue weighted by atomic mass is 35.5. The molecule has 0 radical (unpaired) electrons. The molecule has 9 aromatic rings. The summed E-state index contributed by atoms with van der Waals surface area (Å²) in [5.41, 5.74) is 11.8. The summed E-state index contributed by atoms with van der Waals surface area (Å²) < 4.78 is 5.47. The van der Waals surface area contributed by atoms with Crippen LogP contribution in [-0.4, -0.2) is 99.1 Å². The Morgan fingerprint density at radius 2 is 0.894 bits per heavy atom. The molecule has 0 saturated carbocycles. The molecule has 14 rings (SSSR count). The number of anilines is 3. The Kier molecular flexibility index (Phi) is 22.7. The van der Waals surface area contributed by atoms with Gasteiger partial charge in [0.2, 0.25) is 17.7 Å². The fraction of sp³-hybridized carbons (Fsp3) is 0.225. The molecule has 522 valence electrons. The Morgan fingerprint density at radius 3 is 1.32 bits per heavy atom. The molecule has 24 heteroatoms. The van der Waals surface area contributed by atoms with Crippen molar-refractivity contribution in [2.45, 2.75) is 95.5 Å². The first kappa shape index (κ1) is 71.9. The average molecular weight is 1440 g/mol. The van der Waals surface area contributed by atoms with Gasteiger partial charge in [-0.05, 0) is 128 Å². The average Bonchev–Trinajstić information content (AvgIpc) is 1.63. The van der Waals surface area contributed by atoms with Gasteiger partial charge in [-0.15, -0.1) is 13.2 Å². The number of carbonyl (C=O) groups excluding carboxylic acids is 6. The highest BCUT2D eigenvalue weighted by molar-refractivity contribution is 6.32. The summed E-state index contributed by atoms with van der Waals surface area (Å²) in [4.78, 5) is 93.3. The van der Waals surface area contributed by atoms with Gasteiger partial charge in [0, 0.05) is 90.3 Å². The van der Waals surface area contributed by atoms with E-state index in [1.165, 1.54) is 6.08 Å². The predicted molar refractivity (Wildman–Crippen MR) is 404 cm³/mol. The van der Waals surface area contributed by atoms with E-state index < -0.39 is 0 Å². The molecule has 0 spiro atoms. The second-order valence-corrected chi connectivity index (χ2v) is 26.8. The minimum atomic E-state index is -0.215. The van der Waals surface area contributed by atoms with E-state index in [0.29, 0.717) is 128 Å².